The first-order chi connectivity index (χ1) is 14.4. The fraction of sp³-hybridized carbons (Fsp3) is 0.632. The van der Waals surface area contributed by atoms with E-state index in [0.29, 0.717) is 18.8 Å². The van der Waals surface area contributed by atoms with Gasteiger partial charge < -0.3 is 30.8 Å². The molecule has 1 fully saturated rings. The first-order valence-corrected chi connectivity index (χ1v) is 9.94. The van der Waals surface area contributed by atoms with E-state index < -0.39 is 30.3 Å². The van der Waals surface area contributed by atoms with Crippen molar-refractivity contribution in [3.63, 3.8) is 0 Å². The summed E-state index contributed by atoms with van der Waals surface area (Å²) in [7, 11) is 0. The van der Waals surface area contributed by atoms with Gasteiger partial charge in [-0.3, -0.25) is 4.90 Å². The highest BCUT2D eigenvalue weighted by molar-refractivity contribution is 5.95. The second-order valence-electron chi connectivity index (χ2n) is 7.36. The van der Waals surface area contributed by atoms with Gasteiger partial charge in [0.2, 0.25) is 0 Å². The normalized spacial score (nSPS) is 24.3. The van der Waals surface area contributed by atoms with Crippen LogP contribution in [0.1, 0.15) is 36.0 Å². The van der Waals surface area contributed by atoms with E-state index in [1.54, 1.807) is 17.0 Å². The third kappa shape index (κ3) is 6.30. The molecular formula is C19H29N5O6. The van der Waals surface area contributed by atoms with Crippen LogP contribution in [-0.4, -0.2) is 87.0 Å². The van der Waals surface area contributed by atoms with Crippen molar-refractivity contribution in [2.45, 2.75) is 50.0 Å². The summed E-state index contributed by atoms with van der Waals surface area (Å²) in [5.41, 5.74) is 9.19. The van der Waals surface area contributed by atoms with Crippen LogP contribution in [0.4, 0.5) is 11.4 Å². The number of hydrogen-bond acceptors (Lipinski definition) is 8. The minimum absolute atomic E-state index is 0.0411. The van der Waals surface area contributed by atoms with E-state index in [9.17, 15) is 30.3 Å². The number of aromatic carboxylic acids is 1. The lowest BCUT2D eigenvalue weighted by molar-refractivity contribution is -0.145. The van der Waals surface area contributed by atoms with Gasteiger partial charge in [-0.25, -0.2) is 4.79 Å². The molecule has 1 aromatic carbocycles. The van der Waals surface area contributed by atoms with E-state index >= 15 is 0 Å². The van der Waals surface area contributed by atoms with Crippen molar-refractivity contribution in [3.05, 3.63) is 34.2 Å². The van der Waals surface area contributed by atoms with Crippen molar-refractivity contribution in [2.24, 2.45) is 5.11 Å². The van der Waals surface area contributed by atoms with Crippen molar-refractivity contribution in [2.75, 3.05) is 31.6 Å². The van der Waals surface area contributed by atoms with Gasteiger partial charge >= 0.3 is 5.97 Å². The molecule has 6 N–H and O–H groups in total. The third-order valence-electron chi connectivity index (χ3n) is 5.30. The number of aliphatic hydroxyl groups excluding tert-OH is 4. The first kappa shape index (κ1) is 23.9. The maximum atomic E-state index is 11.4. The summed E-state index contributed by atoms with van der Waals surface area (Å²) in [6.07, 6.45) is -0.0968. The molecule has 0 aromatic heterocycles. The van der Waals surface area contributed by atoms with E-state index in [4.69, 9.17) is 5.53 Å². The van der Waals surface area contributed by atoms with E-state index in [1.807, 2.05) is 0 Å². The maximum absolute atomic E-state index is 11.4. The van der Waals surface area contributed by atoms with Gasteiger partial charge in [-0.2, -0.15) is 0 Å². The highest BCUT2D eigenvalue weighted by Crippen LogP contribution is 2.23. The number of hydrogen-bond donors (Lipinski definition) is 6. The Bertz CT molecular complexity index is 757. The van der Waals surface area contributed by atoms with Crippen molar-refractivity contribution < 1.29 is 30.3 Å². The van der Waals surface area contributed by atoms with Crippen molar-refractivity contribution in [1.29, 1.82) is 0 Å². The number of piperidine rings is 1. The van der Waals surface area contributed by atoms with Crippen LogP contribution in [0.2, 0.25) is 0 Å². The molecule has 11 heteroatoms. The Kier molecular flexibility index (Phi) is 9.31. The van der Waals surface area contributed by atoms with Gasteiger partial charge in [0.25, 0.3) is 0 Å². The minimum Gasteiger partial charge on any atom is -0.478 e. The van der Waals surface area contributed by atoms with Crippen LogP contribution < -0.4 is 5.32 Å². The number of carbonyl (C=O) groups is 1. The Balaban J connectivity index is 1.72. The van der Waals surface area contributed by atoms with Crippen molar-refractivity contribution in [1.82, 2.24) is 4.90 Å². The van der Waals surface area contributed by atoms with Crippen LogP contribution in [0, 0.1) is 0 Å². The molecule has 0 saturated carbocycles. The van der Waals surface area contributed by atoms with E-state index in [2.05, 4.69) is 15.3 Å². The first-order valence-electron chi connectivity index (χ1n) is 9.94. The van der Waals surface area contributed by atoms with Gasteiger partial charge in [0, 0.05) is 29.4 Å². The Hall–Kier alpha value is -2.40. The fourth-order valence-electron chi connectivity index (χ4n) is 3.63. The van der Waals surface area contributed by atoms with Crippen LogP contribution in [-0.2, 0) is 0 Å². The van der Waals surface area contributed by atoms with Gasteiger partial charge in [-0.1, -0.05) is 24.0 Å². The Morgan fingerprint density at radius 2 is 1.93 bits per heavy atom. The zero-order chi connectivity index (χ0) is 22.1. The number of unbranched alkanes of at least 4 members (excludes halogenated alkanes) is 3. The van der Waals surface area contributed by atoms with Crippen LogP contribution in [0.15, 0.2) is 23.3 Å². The second kappa shape index (κ2) is 11.7. The maximum Gasteiger partial charge on any atom is 0.337 e. The summed E-state index contributed by atoms with van der Waals surface area (Å²) in [4.78, 5) is 15.8. The number of carboxylic acid groups (broad SMARTS) is 1. The number of nitrogens with zero attached hydrogens (tertiary/aromatic N) is 4. The van der Waals surface area contributed by atoms with Gasteiger partial charge in [-0.05, 0) is 37.1 Å². The molecule has 30 heavy (non-hydrogen) atoms. The summed E-state index contributed by atoms with van der Waals surface area (Å²) in [6, 6.07) is 3.85. The molecule has 166 valence electrons. The highest BCUT2D eigenvalue weighted by atomic mass is 16.4. The predicted octanol–water partition coefficient (Wildman–Crippen LogP) is 1.06. The number of nitrogens with one attached hydrogen (secondary N) is 1. The molecule has 1 aliphatic rings. The summed E-state index contributed by atoms with van der Waals surface area (Å²) in [5, 5.41) is 54.8. The molecule has 0 aliphatic carbocycles. The molecule has 1 aliphatic heterocycles. The molecule has 0 unspecified atom stereocenters. The average Bonchev–Trinajstić information content (AvgIpc) is 2.72. The molecule has 1 saturated heterocycles. The molecule has 2 rings (SSSR count). The standard InChI is InChI=1S/C19H29N5O6/c20-23-22-12-5-6-14(13(9-12)19(29)30)21-7-3-1-2-4-8-24-10-16(26)18(28)17(27)15(24)11-25/h5-6,9,15-18,21,25-28H,1-4,7-8,10-11H2,(H,29,30)/t15-,16+,17-,18-/m1/s1. The molecule has 4 atom stereocenters. The lowest BCUT2D eigenvalue weighted by Crippen LogP contribution is -2.62. The molecule has 11 nitrogen and oxygen atoms in total. The summed E-state index contributed by atoms with van der Waals surface area (Å²) in [6.45, 7) is 1.07. The Morgan fingerprint density at radius 1 is 1.20 bits per heavy atom. The molecule has 0 spiro atoms. The van der Waals surface area contributed by atoms with Crippen molar-refractivity contribution in [3.8, 4) is 0 Å². The Labute approximate surface area is 174 Å². The number of β-amino-alcohol motifs (C(OH)–C–C–N with tert-alkyl or cyclic N) is 1. The second-order valence-corrected chi connectivity index (χ2v) is 7.36. The van der Waals surface area contributed by atoms with E-state index in [-0.39, 0.29) is 24.4 Å². The zero-order valence-corrected chi connectivity index (χ0v) is 16.6. The number of benzene rings is 1. The van der Waals surface area contributed by atoms with Crippen LogP contribution in [0.25, 0.3) is 10.4 Å². The van der Waals surface area contributed by atoms with Crippen LogP contribution >= 0.6 is 0 Å². The Morgan fingerprint density at radius 3 is 2.60 bits per heavy atom. The fourth-order valence-corrected chi connectivity index (χ4v) is 3.63. The van der Waals surface area contributed by atoms with Crippen LogP contribution in [0.3, 0.4) is 0 Å². The predicted molar refractivity (Wildman–Crippen MR) is 110 cm³/mol. The smallest absolute Gasteiger partial charge is 0.337 e. The van der Waals surface area contributed by atoms with E-state index in [0.717, 1.165) is 25.7 Å². The topological polar surface area (TPSA) is 182 Å². The lowest BCUT2D eigenvalue weighted by atomic mass is 9.94. The highest BCUT2D eigenvalue weighted by Gasteiger charge is 2.40. The average molecular weight is 423 g/mol. The SMILES string of the molecule is [N-]=[N+]=Nc1ccc(NCCCCCCN2C[C@H](O)[C@@H](O)[C@H](O)[C@H]2CO)c(C(=O)O)c1. The third-order valence-corrected chi connectivity index (χ3v) is 5.30. The number of carboxylic acids is 1. The number of aliphatic hydroxyl groups is 4. The van der Waals surface area contributed by atoms with Gasteiger partial charge in [-0.15, -0.1) is 0 Å². The van der Waals surface area contributed by atoms with Gasteiger partial charge in [0.15, 0.2) is 0 Å². The summed E-state index contributed by atoms with van der Waals surface area (Å²) >= 11 is 0. The molecular weight excluding hydrogens is 394 g/mol. The molecule has 0 bridgehead atoms. The summed E-state index contributed by atoms with van der Waals surface area (Å²) in [5.74, 6) is -1.11. The largest absolute Gasteiger partial charge is 0.478 e. The molecule has 0 radical (unpaired) electrons. The lowest BCUT2D eigenvalue weighted by Gasteiger charge is -2.43. The monoisotopic (exact) mass is 423 g/mol. The van der Waals surface area contributed by atoms with Gasteiger partial charge in [0.1, 0.15) is 12.2 Å². The molecule has 1 heterocycles. The number of likely N-dealkylation sites (tertiary alicyclic amines) is 1. The summed E-state index contributed by atoms with van der Waals surface area (Å²) < 4.78 is 0. The number of azide groups is 1. The molecule has 1 aromatic rings. The minimum atomic E-state index is -1.25. The zero-order valence-electron chi connectivity index (χ0n) is 16.6. The quantitative estimate of drug-likeness (QED) is 0.132. The van der Waals surface area contributed by atoms with Gasteiger partial charge in [0.05, 0.1) is 24.3 Å². The van der Waals surface area contributed by atoms with Crippen molar-refractivity contribution >= 4 is 17.3 Å². The van der Waals surface area contributed by atoms with Crippen LogP contribution in [0.5, 0.6) is 0 Å². The van der Waals surface area contributed by atoms with E-state index in [1.165, 1.54) is 6.07 Å². The molecule has 0 amide bonds. The number of rotatable bonds is 11. The number of anilines is 1.